The molecule has 0 amide bonds. The minimum Gasteiger partial charge on any atom is -0.371 e. The molecule has 2 atom stereocenters. The second kappa shape index (κ2) is 3.23. The molecule has 2 heterocycles. The molecular formula is C11H12ClNO. The van der Waals surface area contributed by atoms with Gasteiger partial charge in [0.05, 0.1) is 12.7 Å². The first kappa shape index (κ1) is 8.72. The predicted molar refractivity (Wildman–Crippen MR) is 55.6 cm³/mol. The standard InChI is InChI=1S/C11H12ClNO/c12-10-3-1-2-7-8-4-13-5-11(8)14-6-9(7)10/h1-3,8,11,13H,4-6H2/t8-,11-/m1/s1. The average molecular weight is 210 g/mol. The van der Waals surface area contributed by atoms with Crippen LogP contribution in [-0.4, -0.2) is 19.2 Å². The Bertz CT molecular complexity index is 366. The summed E-state index contributed by atoms with van der Waals surface area (Å²) in [5.74, 6) is 0.498. The van der Waals surface area contributed by atoms with E-state index >= 15 is 0 Å². The van der Waals surface area contributed by atoms with Gasteiger partial charge in [-0.3, -0.25) is 0 Å². The minimum absolute atomic E-state index is 0.348. The van der Waals surface area contributed by atoms with E-state index in [1.165, 1.54) is 11.1 Å². The number of halogens is 1. The molecule has 1 aromatic rings. The van der Waals surface area contributed by atoms with E-state index in [-0.39, 0.29) is 0 Å². The van der Waals surface area contributed by atoms with Gasteiger partial charge in [0.15, 0.2) is 0 Å². The van der Waals surface area contributed by atoms with Gasteiger partial charge in [0.2, 0.25) is 0 Å². The van der Waals surface area contributed by atoms with Gasteiger partial charge in [-0.25, -0.2) is 0 Å². The quantitative estimate of drug-likeness (QED) is 0.705. The summed E-state index contributed by atoms with van der Waals surface area (Å²) in [4.78, 5) is 0. The van der Waals surface area contributed by atoms with Gasteiger partial charge >= 0.3 is 0 Å². The Morgan fingerprint density at radius 3 is 3.21 bits per heavy atom. The van der Waals surface area contributed by atoms with Crippen LogP contribution in [0.5, 0.6) is 0 Å². The average Bonchev–Trinajstić information content (AvgIpc) is 2.66. The molecular weight excluding hydrogens is 198 g/mol. The Hall–Kier alpha value is -0.570. The molecule has 1 fully saturated rings. The molecule has 74 valence electrons. The molecule has 1 N–H and O–H groups in total. The molecule has 1 saturated heterocycles. The second-order valence-electron chi connectivity index (χ2n) is 3.92. The number of hydrogen-bond acceptors (Lipinski definition) is 2. The van der Waals surface area contributed by atoms with Crippen LogP contribution in [0, 0.1) is 0 Å². The topological polar surface area (TPSA) is 21.3 Å². The summed E-state index contributed by atoms with van der Waals surface area (Å²) >= 11 is 6.13. The fraction of sp³-hybridized carbons (Fsp3) is 0.455. The van der Waals surface area contributed by atoms with Gasteiger partial charge in [0.1, 0.15) is 0 Å². The van der Waals surface area contributed by atoms with Gasteiger partial charge in [0, 0.05) is 24.0 Å². The molecule has 0 spiro atoms. The van der Waals surface area contributed by atoms with Gasteiger partial charge in [-0.1, -0.05) is 23.7 Å². The largest absolute Gasteiger partial charge is 0.371 e. The number of fused-ring (bicyclic) bond motifs is 3. The Morgan fingerprint density at radius 2 is 2.29 bits per heavy atom. The van der Waals surface area contributed by atoms with Gasteiger partial charge in [-0.05, 0) is 17.2 Å². The first-order valence-corrected chi connectivity index (χ1v) is 5.33. The predicted octanol–water partition coefficient (Wildman–Crippen LogP) is 1.93. The van der Waals surface area contributed by atoms with E-state index in [1.54, 1.807) is 0 Å². The highest BCUT2D eigenvalue weighted by Crippen LogP contribution is 2.36. The molecule has 0 aromatic heterocycles. The lowest BCUT2D eigenvalue weighted by Gasteiger charge is -2.28. The second-order valence-corrected chi connectivity index (χ2v) is 4.33. The summed E-state index contributed by atoms with van der Waals surface area (Å²) in [6.07, 6.45) is 0.348. The zero-order valence-electron chi connectivity index (χ0n) is 7.79. The third kappa shape index (κ3) is 1.18. The van der Waals surface area contributed by atoms with Crippen LogP contribution in [0.1, 0.15) is 17.0 Å². The molecule has 0 unspecified atom stereocenters. The summed E-state index contributed by atoms with van der Waals surface area (Å²) in [6, 6.07) is 6.14. The Morgan fingerprint density at radius 1 is 1.36 bits per heavy atom. The molecule has 0 radical (unpaired) electrons. The lowest BCUT2D eigenvalue weighted by atomic mass is 9.90. The smallest absolute Gasteiger partial charge is 0.0784 e. The zero-order chi connectivity index (χ0) is 9.54. The van der Waals surface area contributed by atoms with E-state index in [9.17, 15) is 0 Å². The van der Waals surface area contributed by atoms with E-state index in [1.807, 2.05) is 12.1 Å². The number of hydrogen-bond donors (Lipinski definition) is 1. The Labute approximate surface area is 88.2 Å². The lowest BCUT2D eigenvalue weighted by molar-refractivity contribution is 0.0300. The maximum absolute atomic E-state index is 6.13. The number of rotatable bonds is 0. The van der Waals surface area contributed by atoms with Crippen molar-refractivity contribution < 1.29 is 4.74 Å². The fourth-order valence-corrected chi connectivity index (χ4v) is 2.64. The first-order chi connectivity index (χ1) is 6.86. The minimum atomic E-state index is 0.348. The summed E-state index contributed by atoms with van der Waals surface area (Å²) in [7, 11) is 0. The molecule has 2 nitrogen and oxygen atoms in total. The molecule has 14 heavy (non-hydrogen) atoms. The maximum atomic E-state index is 6.13. The van der Waals surface area contributed by atoms with Crippen LogP contribution in [0.4, 0.5) is 0 Å². The van der Waals surface area contributed by atoms with Crippen molar-refractivity contribution in [2.45, 2.75) is 18.6 Å². The zero-order valence-corrected chi connectivity index (χ0v) is 8.55. The van der Waals surface area contributed by atoms with Crippen molar-refractivity contribution in [3.63, 3.8) is 0 Å². The van der Waals surface area contributed by atoms with Gasteiger partial charge in [-0.2, -0.15) is 0 Å². The highest BCUT2D eigenvalue weighted by atomic mass is 35.5. The van der Waals surface area contributed by atoms with Crippen LogP contribution >= 0.6 is 11.6 Å². The molecule has 0 aliphatic carbocycles. The summed E-state index contributed by atoms with van der Waals surface area (Å²) in [5.41, 5.74) is 2.55. The third-order valence-corrected chi connectivity index (χ3v) is 3.51. The SMILES string of the molecule is Clc1cccc2c1CO[C@@H]1CNC[C@H]21. The fourth-order valence-electron chi connectivity index (χ4n) is 2.41. The number of nitrogens with one attached hydrogen (secondary N) is 1. The molecule has 1 aromatic carbocycles. The Kier molecular flexibility index (Phi) is 2.01. The molecule has 3 heteroatoms. The summed E-state index contributed by atoms with van der Waals surface area (Å²) < 4.78 is 5.76. The van der Waals surface area contributed by atoms with E-state index in [2.05, 4.69) is 11.4 Å². The molecule has 3 rings (SSSR count). The van der Waals surface area contributed by atoms with Crippen molar-refractivity contribution in [2.24, 2.45) is 0 Å². The lowest BCUT2D eigenvalue weighted by Crippen LogP contribution is -2.26. The number of benzene rings is 1. The summed E-state index contributed by atoms with van der Waals surface area (Å²) in [6.45, 7) is 2.65. The molecule has 2 aliphatic rings. The van der Waals surface area contributed by atoms with Crippen molar-refractivity contribution in [1.82, 2.24) is 5.32 Å². The monoisotopic (exact) mass is 209 g/mol. The highest BCUT2D eigenvalue weighted by Gasteiger charge is 2.34. The van der Waals surface area contributed by atoms with Crippen LogP contribution in [0.3, 0.4) is 0 Å². The van der Waals surface area contributed by atoms with Crippen molar-refractivity contribution in [2.75, 3.05) is 13.1 Å². The van der Waals surface area contributed by atoms with Gasteiger partial charge in [0.25, 0.3) is 0 Å². The molecule has 0 saturated carbocycles. The van der Waals surface area contributed by atoms with Crippen molar-refractivity contribution in [3.05, 3.63) is 34.3 Å². The van der Waals surface area contributed by atoms with Gasteiger partial charge in [-0.15, -0.1) is 0 Å². The van der Waals surface area contributed by atoms with Crippen molar-refractivity contribution >= 4 is 11.6 Å². The first-order valence-electron chi connectivity index (χ1n) is 4.96. The van der Waals surface area contributed by atoms with E-state index in [4.69, 9.17) is 16.3 Å². The van der Waals surface area contributed by atoms with Crippen LogP contribution in [-0.2, 0) is 11.3 Å². The van der Waals surface area contributed by atoms with Crippen LogP contribution in [0.25, 0.3) is 0 Å². The maximum Gasteiger partial charge on any atom is 0.0784 e. The van der Waals surface area contributed by atoms with Crippen LogP contribution in [0.2, 0.25) is 5.02 Å². The van der Waals surface area contributed by atoms with Crippen molar-refractivity contribution in [1.29, 1.82) is 0 Å². The van der Waals surface area contributed by atoms with E-state index in [0.717, 1.165) is 18.1 Å². The number of ether oxygens (including phenoxy) is 1. The van der Waals surface area contributed by atoms with Crippen LogP contribution < -0.4 is 5.32 Å². The third-order valence-electron chi connectivity index (χ3n) is 3.15. The molecule has 0 bridgehead atoms. The Balaban J connectivity index is 2.09. The van der Waals surface area contributed by atoms with E-state index in [0.29, 0.717) is 18.6 Å². The molecule has 2 aliphatic heterocycles. The highest BCUT2D eigenvalue weighted by molar-refractivity contribution is 6.31. The van der Waals surface area contributed by atoms with Crippen molar-refractivity contribution in [3.8, 4) is 0 Å². The normalized spacial score (nSPS) is 29.8. The van der Waals surface area contributed by atoms with Crippen LogP contribution in [0.15, 0.2) is 18.2 Å². The van der Waals surface area contributed by atoms with E-state index < -0.39 is 0 Å². The van der Waals surface area contributed by atoms with Gasteiger partial charge < -0.3 is 10.1 Å². The summed E-state index contributed by atoms with van der Waals surface area (Å²) in [5, 5.41) is 4.20.